The van der Waals surface area contributed by atoms with Crippen molar-refractivity contribution in [2.24, 2.45) is 17.8 Å². The van der Waals surface area contributed by atoms with E-state index in [1.807, 2.05) is 6.08 Å². The molecule has 2 fully saturated rings. The van der Waals surface area contributed by atoms with Crippen molar-refractivity contribution < 1.29 is 4.79 Å². The van der Waals surface area contributed by atoms with E-state index in [1.54, 1.807) is 0 Å². The highest BCUT2D eigenvalue weighted by Crippen LogP contribution is 2.44. The third-order valence-corrected chi connectivity index (χ3v) is 3.61. The lowest BCUT2D eigenvalue weighted by Gasteiger charge is -2.31. The van der Waals surface area contributed by atoms with Crippen LogP contribution in [0.3, 0.4) is 0 Å². The zero-order chi connectivity index (χ0) is 9.71. The van der Waals surface area contributed by atoms with Crippen molar-refractivity contribution in [3.05, 3.63) is 36.5 Å². The summed E-state index contributed by atoms with van der Waals surface area (Å²) in [5.41, 5.74) is 1.20. The van der Waals surface area contributed by atoms with Gasteiger partial charge in [0.2, 0.25) is 5.91 Å². The first-order valence-electron chi connectivity index (χ1n) is 5.10. The van der Waals surface area contributed by atoms with Gasteiger partial charge in [0.15, 0.2) is 0 Å². The summed E-state index contributed by atoms with van der Waals surface area (Å²) < 4.78 is 0. The number of rotatable bonds is 0. The zero-order valence-corrected chi connectivity index (χ0v) is 7.94. The molecule has 1 amide bonds. The number of hydrogen-bond acceptors (Lipinski definition) is 1. The summed E-state index contributed by atoms with van der Waals surface area (Å²) in [5.74, 6) is 0.956. The molecule has 1 aliphatic heterocycles. The highest BCUT2D eigenvalue weighted by atomic mass is 16.2. The summed E-state index contributed by atoms with van der Waals surface area (Å²) in [4.78, 5) is 11.7. The van der Waals surface area contributed by atoms with Crippen LogP contribution in [0, 0.1) is 17.8 Å². The Morgan fingerprint density at radius 3 is 3.00 bits per heavy atom. The van der Waals surface area contributed by atoms with Crippen LogP contribution in [-0.2, 0) is 4.79 Å². The van der Waals surface area contributed by atoms with Crippen LogP contribution in [0.2, 0.25) is 0 Å². The van der Waals surface area contributed by atoms with Gasteiger partial charge in [-0.3, -0.25) is 4.79 Å². The molecule has 14 heavy (non-hydrogen) atoms. The zero-order valence-electron chi connectivity index (χ0n) is 7.94. The molecule has 1 N–H and O–H groups in total. The normalized spacial score (nSPS) is 43.7. The van der Waals surface area contributed by atoms with Gasteiger partial charge in [0, 0.05) is 17.9 Å². The summed E-state index contributed by atoms with van der Waals surface area (Å²) in [6.07, 6.45) is 9.32. The van der Waals surface area contributed by atoms with Crippen molar-refractivity contribution in [2.75, 3.05) is 0 Å². The van der Waals surface area contributed by atoms with E-state index in [0.29, 0.717) is 12.0 Å². The molecule has 0 unspecified atom stereocenters. The molecule has 2 heteroatoms. The lowest BCUT2D eigenvalue weighted by molar-refractivity contribution is -0.123. The van der Waals surface area contributed by atoms with Gasteiger partial charge in [-0.15, -0.1) is 0 Å². The molecule has 0 aromatic heterocycles. The van der Waals surface area contributed by atoms with Gasteiger partial charge in [-0.25, -0.2) is 0 Å². The van der Waals surface area contributed by atoms with Gasteiger partial charge >= 0.3 is 0 Å². The molecule has 1 saturated heterocycles. The second kappa shape index (κ2) is 2.59. The van der Waals surface area contributed by atoms with Crippen LogP contribution in [0.5, 0.6) is 0 Å². The predicted molar refractivity (Wildman–Crippen MR) is 54.4 cm³/mol. The molecular formula is C12H13NO. The fourth-order valence-corrected chi connectivity index (χ4v) is 2.95. The Bertz CT molecular complexity index is 367. The minimum atomic E-state index is 0.108. The molecule has 0 aromatic rings. The van der Waals surface area contributed by atoms with Crippen LogP contribution in [0.15, 0.2) is 36.5 Å². The first kappa shape index (κ1) is 8.04. The maximum atomic E-state index is 11.7. The summed E-state index contributed by atoms with van der Waals surface area (Å²) in [6.45, 7) is 4.08. The maximum Gasteiger partial charge on any atom is 0.224 e. The Morgan fingerprint density at radius 2 is 2.14 bits per heavy atom. The second-order valence-corrected chi connectivity index (χ2v) is 4.38. The fourth-order valence-electron chi connectivity index (χ4n) is 2.95. The summed E-state index contributed by atoms with van der Waals surface area (Å²) in [7, 11) is 0. The van der Waals surface area contributed by atoms with E-state index in [-0.39, 0.29) is 17.7 Å². The molecule has 1 saturated carbocycles. The monoisotopic (exact) mass is 187 g/mol. The Balaban J connectivity index is 2.11. The second-order valence-electron chi connectivity index (χ2n) is 4.38. The number of carbonyl (C=O) groups excluding carboxylic acids is 1. The molecular weight excluding hydrogens is 174 g/mol. The first-order valence-corrected chi connectivity index (χ1v) is 5.10. The molecule has 0 radical (unpaired) electrons. The van der Waals surface area contributed by atoms with Gasteiger partial charge in [0.1, 0.15) is 0 Å². The Morgan fingerprint density at radius 1 is 1.36 bits per heavy atom. The van der Waals surface area contributed by atoms with Crippen molar-refractivity contribution >= 4 is 5.91 Å². The van der Waals surface area contributed by atoms with Crippen LogP contribution in [0.4, 0.5) is 0 Å². The molecule has 2 nitrogen and oxygen atoms in total. The first-order chi connectivity index (χ1) is 6.77. The summed E-state index contributed by atoms with van der Waals surface area (Å²) in [6, 6.07) is 0.299. The van der Waals surface area contributed by atoms with Crippen LogP contribution in [0.1, 0.15) is 6.42 Å². The van der Waals surface area contributed by atoms with Crippen molar-refractivity contribution in [3.8, 4) is 0 Å². The van der Waals surface area contributed by atoms with Gasteiger partial charge in [-0.2, -0.15) is 0 Å². The Kier molecular flexibility index (Phi) is 1.49. The van der Waals surface area contributed by atoms with E-state index in [4.69, 9.17) is 0 Å². The number of hydrogen-bond donors (Lipinski definition) is 1. The largest absolute Gasteiger partial charge is 0.352 e. The topological polar surface area (TPSA) is 29.1 Å². The molecule has 1 heterocycles. The smallest absolute Gasteiger partial charge is 0.224 e. The number of allylic oxidation sites excluding steroid dienone is 3. The van der Waals surface area contributed by atoms with Gasteiger partial charge in [0.25, 0.3) is 0 Å². The van der Waals surface area contributed by atoms with Crippen LogP contribution >= 0.6 is 0 Å². The predicted octanol–water partition coefficient (Wildman–Crippen LogP) is 1.42. The van der Waals surface area contributed by atoms with E-state index >= 15 is 0 Å². The number of amides is 1. The standard InChI is InChI=1S/C12H13NO/c1-7-6-10-9-5-3-2-4-8(7)11(9)12(14)13-10/h2-5,8-11H,1,6H2,(H,13,14)/t8-,9-,10-,11-/m0/s1. The highest BCUT2D eigenvalue weighted by Gasteiger charge is 2.49. The quantitative estimate of drug-likeness (QED) is 0.571. The molecule has 72 valence electrons. The lowest BCUT2D eigenvalue weighted by Crippen LogP contribution is -2.32. The molecule has 4 atom stereocenters. The minimum Gasteiger partial charge on any atom is -0.352 e. The van der Waals surface area contributed by atoms with Gasteiger partial charge < -0.3 is 5.32 Å². The average molecular weight is 187 g/mol. The molecule has 2 aliphatic carbocycles. The molecule has 3 aliphatic rings. The molecule has 3 rings (SSSR count). The highest BCUT2D eigenvalue weighted by molar-refractivity contribution is 5.84. The average Bonchev–Trinajstić information content (AvgIpc) is 2.35. The third kappa shape index (κ3) is 0.884. The van der Waals surface area contributed by atoms with Crippen molar-refractivity contribution in [1.29, 1.82) is 0 Å². The fraction of sp³-hybridized carbons (Fsp3) is 0.417. The molecule has 0 aromatic carbocycles. The van der Waals surface area contributed by atoms with Crippen molar-refractivity contribution in [2.45, 2.75) is 12.5 Å². The summed E-state index contributed by atoms with van der Waals surface area (Å²) in [5, 5.41) is 3.06. The van der Waals surface area contributed by atoms with Gasteiger partial charge in [0.05, 0.1) is 5.92 Å². The van der Waals surface area contributed by atoms with Gasteiger partial charge in [-0.05, 0) is 6.42 Å². The van der Waals surface area contributed by atoms with E-state index in [0.717, 1.165) is 6.42 Å². The number of nitrogens with one attached hydrogen (secondary N) is 1. The van der Waals surface area contributed by atoms with E-state index in [9.17, 15) is 4.79 Å². The van der Waals surface area contributed by atoms with E-state index in [1.165, 1.54) is 5.57 Å². The van der Waals surface area contributed by atoms with Crippen LogP contribution < -0.4 is 5.32 Å². The minimum absolute atomic E-state index is 0.108. The van der Waals surface area contributed by atoms with E-state index < -0.39 is 0 Å². The lowest BCUT2D eigenvalue weighted by atomic mass is 9.71. The van der Waals surface area contributed by atoms with Crippen molar-refractivity contribution in [1.82, 2.24) is 5.32 Å². The Hall–Kier alpha value is -1.31. The van der Waals surface area contributed by atoms with Crippen LogP contribution in [-0.4, -0.2) is 11.9 Å². The van der Waals surface area contributed by atoms with E-state index in [2.05, 4.69) is 30.1 Å². The Labute approximate surface area is 83.4 Å². The molecule has 0 spiro atoms. The summed E-state index contributed by atoms with van der Waals surface area (Å²) >= 11 is 0. The van der Waals surface area contributed by atoms with Crippen molar-refractivity contribution in [3.63, 3.8) is 0 Å². The number of carbonyl (C=O) groups is 1. The maximum absolute atomic E-state index is 11.7. The van der Waals surface area contributed by atoms with Gasteiger partial charge in [-0.1, -0.05) is 36.5 Å². The molecule has 4 bridgehead atoms. The van der Waals surface area contributed by atoms with Crippen LogP contribution in [0.25, 0.3) is 0 Å². The third-order valence-electron chi connectivity index (χ3n) is 3.61. The SMILES string of the molecule is C=C1C[C@@H]2NC(=O)[C@@H]3[C@H]2C=CC=C[C@@H]13.